The molecule has 0 unspecified atom stereocenters. The summed E-state index contributed by atoms with van der Waals surface area (Å²) in [4.78, 5) is 37.3. The van der Waals surface area contributed by atoms with Crippen molar-refractivity contribution in [3.8, 4) is 0 Å². The minimum absolute atomic E-state index is 0.00455. The zero-order valence-corrected chi connectivity index (χ0v) is 15.5. The van der Waals surface area contributed by atoms with Crippen LogP contribution in [0.3, 0.4) is 0 Å². The Bertz CT molecular complexity index is 996. The van der Waals surface area contributed by atoms with Crippen molar-refractivity contribution >= 4 is 22.7 Å². The number of hydrogen-bond acceptors (Lipinski definition) is 3. The molecule has 28 heavy (non-hydrogen) atoms. The van der Waals surface area contributed by atoms with Gasteiger partial charge in [-0.25, -0.2) is 0 Å². The molecule has 2 aromatic heterocycles. The molecule has 3 aliphatic rings. The number of fused-ring (bicyclic) bond motifs is 5. The number of hydrogen-bond donors (Lipinski definition) is 1. The second-order valence-electron chi connectivity index (χ2n) is 7.78. The second-order valence-corrected chi connectivity index (χ2v) is 7.78. The lowest BCUT2D eigenvalue weighted by atomic mass is 9.94. The maximum absolute atomic E-state index is 13.2. The third kappa shape index (κ3) is 2.95. The van der Waals surface area contributed by atoms with Crippen LogP contribution in [0, 0.1) is 5.92 Å². The molecule has 5 heterocycles. The van der Waals surface area contributed by atoms with E-state index in [0.29, 0.717) is 36.8 Å². The fraction of sp³-hybridized carbons (Fsp3) is 0.318. The molecule has 3 fully saturated rings. The first kappa shape index (κ1) is 17.0. The molecule has 6 heteroatoms. The molecule has 3 aliphatic heterocycles. The molecule has 2 atom stereocenters. The second kappa shape index (κ2) is 6.78. The quantitative estimate of drug-likeness (QED) is 0.750. The Kier molecular flexibility index (Phi) is 4.11. The van der Waals surface area contributed by atoms with Gasteiger partial charge in [0.05, 0.1) is 5.56 Å². The third-order valence-electron chi connectivity index (χ3n) is 5.93. The van der Waals surface area contributed by atoms with Crippen LogP contribution in [-0.2, 0) is 0 Å². The molecule has 6 rings (SSSR count). The standard InChI is InChI=1S/C22H22N4O2/c27-21(17-5-3-9-23-11-17)25-12-15-7-8-18(14-25)26(13-15)22(28)20-10-16-4-1-2-6-19(16)24-20/h1-6,9-11,15,18,24H,7-8,12-14H2/t15-,18+/m0/s1. The Hall–Kier alpha value is -3.15. The number of amides is 2. The highest BCUT2D eigenvalue weighted by Gasteiger charge is 2.39. The molecule has 1 aromatic carbocycles. The summed E-state index contributed by atoms with van der Waals surface area (Å²) in [6, 6.07) is 13.5. The number of rotatable bonds is 2. The Morgan fingerprint density at radius 2 is 1.89 bits per heavy atom. The molecule has 0 radical (unpaired) electrons. The van der Waals surface area contributed by atoms with Crippen LogP contribution in [0.25, 0.3) is 10.9 Å². The number of H-pyrrole nitrogens is 1. The molecular weight excluding hydrogens is 352 g/mol. The van der Waals surface area contributed by atoms with Gasteiger partial charge >= 0.3 is 0 Å². The van der Waals surface area contributed by atoms with Crippen molar-refractivity contribution in [3.05, 3.63) is 66.1 Å². The predicted molar refractivity (Wildman–Crippen MR) is 106 cm³/mol. The largest absolute Gasteiger partial charge is 0.351 e. The monoisotopic (exact) mass is 374 g/mol. The van der Waals surface area contributed by atoms with Crippen LogP contribution in [-0.4, -0.2) is 57.3 Å². The summed E-state index contributed by atoms with van der Waals surface area (Å²) in [5, 5.41) is 1.04. The summed E-state index contributed by atoms with van der Waals surface area (Å²) >= 11 is 0. The topological polar surface area (TPSA) is 69.3 Å². The Labute approximate surface area is 163 Å². The van der Waals surface area contributed by atoms with Crippen LogP contribution in [0.4, 0.5) is 0 Å². The van der Waals surface area contributed by atoms with Crippen LogP contribution in [0.15, 0.2) is 54.9 Å². The first-order chi connectivity index (χ1) is 13.7. The van der Waals surface area contributed by atoms with E-state index in [2.05, 4.69) is 9.97 Å². The minimum Gasteiger partial charge on any atom is -0.351 e. The van der Waals surface area contributed by atoms with Crippen molar-refractivity contribution < 1.29 is 9.59 Å². The van der Waals surface area contributed by atoms with Gasteiger partial charge in [0.2, 0.25) is 0 Å². The molecule has 2 amide bonds. The maximum Gasteiger partial charge on any atom is 0.270 e. The number of nitrogens with zero attached hydrogens (tertiary/aromatic N) is 3. The zero-order chi connectivity index (χ0) is 19.1. The van der Waals surface area contributed by atoms with Crippen LogP contribution >= 0.6 is 0 Å². The fourth-order valence-electron chi connectivity index (χ4n) is 4.51. The number of aromatic nitrogens is 2. The number of nitrogens with one attached hydrogen (secondary N) is 1. The first-order valence-corrected chi connectivity index (χ1v) is 9.77. The van der Waals surface area contributed by atoms with E-state index < -0.39 is 0 Å². The van der Waals surface area contributed by atoms with Gasteiger partial charge in [-0.3, -0.25) is 14.6 Å². The van der Waals surface area contributed by atoms with Gasteiger partial charge in [0, 0.05) is 49.0 Å². The normalized spacial score (nSPS) is 21.7. The smallest absolute Gasteiger partial charge is 0.270 e. The number of piperidine rings is 1. The fourth-order valence-corrected chi connectivity index (χ4v) is 4.51. The third-order valence-corrected chi connectivity index (χ3v) is 5.93. The average molecular weight is 374 g/mol. The van der Waals surface area contributed by atoms with Crippen molar-refractivity contribution in [2.24, 2.45) is 5.92 Å². The van der Waals surface area contributed by atoms with Gasteiger partial charge in [-0.15, -0.1) is 0 Å². The van der Waals surface area contributed by atoms with Gasteiger partial charge in [-0.2, -0.15) is 0 Å². The van der Waals surface area contributed by atoms with Gasteiger partial charge in [0.1, 0.15) is 5.69 Å². The van der Waals surface area contributed by atoms with Crippen LogP contribution in [0.1, 0.15) is 33.7 Å². The number of benzene rings is 1. The van der Waals surface area contributed by atoms with E-state index >= 15 is 0 Å². The lowest BCUT2D eigenvalue weighted by Gasteiger charge is -2.35. The number of aromatic amines is 1. The number of pyridine rings is 1. The number of carbonyl (C=O) groups is 2. The van der Waals surface area contributed by atoms with Crippen LogP contribution in [0.5, 0.6) is 0 Å². The van der Waals surface area contributed by atoms with Crippen molar-refractivity contribution in [3.63, 3.8) is 0 Å². The van der Waals surface area contributed by atoms with E-state index in [1.165, 1.54) is 0 Å². The van der Waals surface area contributed by atoms with Crippen molar-refractivity contribution in [2.45, 2.75) is 18.9 Å². The summed E-state index contributed by atoms with van der Waals surface area (Å²) < 4.78 is 0. The molecule has 142 valence electrons. The van der Waals surface area contributed by atoms with E-state index in [9.17, 15) is 9.59 Å². The summed E-state index contributed by atoms with van der Waals surface area (Å²) in [7, 11) is 0. The van der Waals surface area contributed by atoms with Gasteiger partial charge < -0.3 is 14.8 Å². The Balaban J connectivity index is 1.39. The predicted octanol–water partition coefficient (Wildman–Crippen LogP) is 2.94. The zero-order valence-electron chi connectivity index (χ0n) is 15.5. The number of para-hydroxylation sites is 1. The molecule has 1 N–H and O–H groups in total. The van der Waals surface area contributed by atoms with Crippen molar-refractivity contribution in [2.75, 3.05) is 19.6 Å². The van der Waals surface area contributed by atoms with Crippen molar-refractivity contribution in [1.29, 1.82) is 0 Å². The summed E-state index contributed by atoms with van der Waals surface area (Å²) in [6.45, 7) is 1.98. The highest BCUT2D eigenvalue weighted by molar-refractivity contribution is 5.98. The van der Waals surface area contributed by atoms with E-state index in [1.54, 1.807) is 24.5 Å². The average Bonchev–Trinajstić information content (AvgIpc) is 2.96. The highest BCUT2D eigenvalue weighted by Crippen LogP contribution is 2.30. The Morgan fingerprint density at radius 1 is 1.00 bits per heavy atom. The minimum atomic E-state index is 0.00455. The molecule has 0 spiro atoms. The summed E-state index contributed by atoms with van der Waals surface area (Å²) in [5.74, 6) is 0.346. The van der Waals surface area contributed by atoms with E-state index in [1.807, 2.05) is 40.1 Å². The molecule has 3 aromatic rings. The lowest BCUT2D eigenvalue weighted by Crippen LogP contribution is -2.47. The molecule has 2 bridgehead atoms. The van der Waals surface area contributed by atoms with Gasteiger partial charge in [-0.05, 0) is 43.0 Å². The Morgan fingerprint density at radius 3 is 2.71 bits per heavy atom. The lowest BCUT2D eigenvalue weighted by molar-refractivity contribution is 0.0569. The van der Waals surface area contributed by atoms with Crippen LogP contribution < -0.4 is 0 Å². The van der Waals surface area contributed by atoms with Gasteiger partial charge in [0.25, 0.3) is 11.8 Å². The molecule has 0 aliphatic carbocycles. The van der Waals surface area contributed by atoms with E-state index in [-0.39, 0.29) is 17.9 Å². The molecule has 6 nitrogen and oxygen atoms in total. The molecule has 3 saturated heterocycles. The molecular formula is C22H22N4O2. The van der Waals surface area contributed by atoms with Gasteiger partial charge in [-0.1, -0.05) is 18.2 Å². The molecule has 0 saturated carbocycles. The van der Waals surface area contributed by atoms with E-state index in [4.69, 9.17) is 0 Å². The van der Waals surface area contributed by atoms with Crippen molar-refractivity contribution in [1.82, 2.24) is 19.8 Å². The first-order valence-electron chi connectivity index (χ1n) is 9.77. The summed E-state index contributed by atoms with van der Waals surface area (Å²) in [6.07, 6.45) is 5.28. The maximum atomic E-state index is 13.2. The van der Waals surface area contributed by atoms with Gasteiger partial charge in [0.15, 0.2) is 0 Å². The SMILES string of the molecule is O=C(c1cccnc1)N1C[C@@H]2CC[C@H](C1)N(C(=O)c1cc3ccccc3[nH]1)C2. The highest BCUT2D eigenvalue weighted by atomic mass is 16.2. The van der Waals surface area contributed by atoms with E-state index in [0.717, 1.165) is 23.7 Å². The number of carbonyl (C=O) groups excluding carboxylic acids is 2. The van der Waals surface area contributed by atoms with Crippen LogP contribution in [0.2, 0.25) is 0 Å². The summed E-state index contributed by atoms with van der Waals surface area (Å²) in [5.41, 5.74) is 2.20.